The van der Waals surface area contributed by atoms with Crippen LogP contribution in [0.4, 0.5) is 18.9 Å². The molecule has 3 aromatic carbocycles. The van der Waals surface area contributed by atoms with E-state index in [1.165, 1.54) is 22.2 Å². The van der Waals surface area contributed by atoms with Gasteiger partial charge in [0.25, 0.3) is 5.91 Å². The molecule has 2 saturated heterocycles. The molecule has 220 valence electrons. The summed E-state index contributed by atoms with van der Waals surface area (Å²) in [7, 11) is 0. The van der Waals surface area contributed by atoms with Crippen LogP contribution in [0.3, 0.4) is 0 Å². The fourth-order valence-corrected chi connectivity index (χ4v) is 6.25. The van der Waals surface area contributed by atoms with Crippen LogP contribution in [0.25, 0.3) is 21.3 Å². The summed E-state index contributed by atoms with van der Waals surface area (Å²) in [5.74, 6) is -4.97. The summed E-state index contributed by atoms with van der Waals surface area (Å²) in [5, 5.41) is 25.5. The van der Waals surface area contributed by atoms with Crippen molar-refractivity contribution in [2.24, 2.45) is 0 Å². The van der Waals surface area contributed by atoms with Gasteiger partial charge in [-0.15, -0.1) is 16.4 Å². The molecule has 0 spiro atoms. The minimum Gasteiger partial charge on any atom is -0.387 e. The van der Waals surface area contributed by atoms with Crippen molar-refractivity contribution in [1.82, 2.24) is 15.0 Å². The summed E-state index contributed by atoms with van der Waals surface area (Å²) < 4.78 is 62.0. The monoisotopic (exact) mass is 608 g/mol. The first-order valence-electron chi connectivity index (χ1n) is 13.4. The van der Waals surface area contributed by atoms with E-state index in [1.54, 1.807) is 6.07 Å². The molecule has 6 unspecified atom stereocenters. The number of benzene rings is 3. The van der Waals surface area contributed by atoms with Gasteiger partial charge in [-0.1, -0.05) is 41.6 Å². The molecule has 9 nitrogen and oxygen atoms in total. The Hall–Kier alpha value is -4.14. The Morgan fingerprint density at radius 2 is 1.81 bits per heavy atom. The lowest BCUT2D eigenvalue weighted by atomic mass is 9.91. The van der Waals surface area contributed by atoms with Crippen molar-refractivity contribution in [3.05, 3.63) is 101 Å². The quantitative estimate of drug-likeness (QED) is 0.271. The number of carbonyl (C=O) groups is 1. The number of ether oxygens (including phenoxy) is 3. The second-order valence-corrected chi connectivity index (χ2v) is 11.2. The largest absolute Gasteiger partial charge is 0.387 e. The molecule has 2 aliphatic heterocycles. The smallest absolute Gasteiger partial charge is 0.256 e. The van der Waals surface area contributed by atoms with Crippen molar-refractivity contribution in [3.63, 3.8) is 0 Å². The molecular formula is C30H23F3N4O5S. The number of aliphatic hydroxyl groups is 1. The van der Waals surface area contributed by atoms with Crippen molar-refractivity contribution >= 4 is 33.0 Å². The number of nitrogens with zero attached hydrogens (tertiary/aromatic N) is 3. The fraction of sp³-hybridized carbons (Fsp3) is 0.233. The zero-order valence-electron chi connectivity index (χ0n) is 22.1. The number of carbonyl (C=O) groups excluding carboxylic acids is 1. The van der Waals surface area contributed by atoms with E-state index in [2.05, 4.69) is 15.6 Å². The molecule has 0 aliphatic carbocycles. The predicted octanol–water partition coefficient (Wildman–Crippen LogP) is 5.00. The maximum absolute atomic E-state index is 14.0. The van der Waals surface area contributed by atoms with Crippen LogP contribution in [0.1, 0.15) is 17.9 Å². The zero-order chi connectivity index (χ0) is 29.7. The first-order chi connectivity index (χ1) is 20.9. The highest BCUT2D eigenvalue weighted by molar-refractivity contribution is 7.17. The molecule has 2 aliphatic rings. The first kappa shape index (κ1) is 27.7. The van der Waals surface area contributed by atoms with Gasteiger partial charge in [0.05, 0.1) is 12.8 Å². The molecule has 5 aromatic rings. The van der Waals surface area contributed by atoms with E-state index in [9.17, 15) is 23.1 Å². The summed E-state index contributed by atoms with van der Waals surface area (Å²) in [4.78, 5) is 13.5. The van der Waals surface area contributed by atoms with Gasteiger partial charge >= 0.3 is 0 Å². The summed E-state index contributed by atoms with van der Waals surface area (Å²) >= 11 is 1.53. The van der Waals surface area contributed by atoms with Crippen LogP contribution >= 0.6 is 11.3 Å². The molecule has 2 aromatic heterocycles. The summed E-state index contributed by atoms with van der Waals surface area (Å²) in [6.07, 6.45) is -3.96. The molecule has 43 heavy (non-hydrogen) atoms. The molecular weight excluding hydrogens is 585 g/mol. The van der Waals surface area contributed by atoms with E-state index < -0.39 is 60.1 Å². The number of hydrogen-bond donors (Lipinski definition) is 2. The van der Waals surface area contributed by atoms with Crippen molar-refractivity contribution in [3.8, 4) is 11.3 Å². The van der Waals surface area contributed by atoms with Gasteiger partial charge in [0.1, 0.15) is 30.0 Å². The average molecular weight is 609 g/mol. The van der Waals surface area contributed by atoms with Crippen LogP contribution in [-0.4, -0.2) is 57.0 Å². The summed E-state index contributed by atoms with van der Waals surface area (Å²) in [6, 6.07) is 17.2. The highest BCUT2D eigenvalue weighted by Gasteiger charge is 2.53. The highest BCUT2D eigenvalue weighted by Crippen LogP contribution is 2.40. The van der Waals surface area contributed by atoms with Crippen LogP contribution in [0, 0.1) is 17.5 Å². The van der Waals surface area contributed by atoms with Crippen LogP contribution in [0.15, 0.2) is 78.3 Å². The van der Waals surface area contributed by atoms with Crippen molar-refractivity contribution in [1.29, 1.82) is 0 Å². The van der Waals surface area contributed by atoms with E-state index in [-0.39, 0.29) is 17.9 Å². The van der Waals surface area contributed by atoms with Gasteiger partial charge in [-0.25, -0.2) is 17.9 Å². The lowest BCUT2D eigenvalue weighted by Crippen LogP contribution is -2.61. The van der Waals surface area contributed by atoms with E-state index in [1.807, 2.05) is 53.9 Å². The van der Waals surface area contributed by atoms with Gasteiger partial charge < -0.3 is 24.6 Å². The lowest BCUT2D eigenvalue weighted by molar-refractivity contribution is -0.312. The number of anilines is 1. The van der Waals surface area contributed by atoms with E-state index in [0.29, 0.717) is 5.69 Å². The molecule has 6 atom stereocenters. The number of rotatable bonds is 5. The number of aliphatic hydroxyl groups excluding tert-OH is 1. The maximum atomic E-state index is 14.0. The Morgan fingerprint density at radius 1 is 1.02 bits per heavy atom. The van der Waals surface area contributed by atoms with Crippen LogP contribution < -0.4 is 5.32 Å². The minimum atomic E-state index is -1.60. The van der Waals surface area contributed by atoms with Crippen LogP contribution in [0.5, 0.6) is 0 Å². The molecule has 0 bridgehead atoms. The zero-order valence-corrected chi connectivity index (χ0v) is 23.0. The Morgan fingerprint density at radius 3 is 2.60 bits per heavy atom. The second-order valence-electron chi connectivity index (χ2n) is 10.3. The average Bonchev–Trinajstić information content (AvgIpc) is 3.69. The molecule has 2 N–H and O–H groups in total. The first-order valence-corrected chi connectivity index (χ1v) is 14.2. The number of nitrogens with one attached hydrogen (secondary N) is 1. The molecule has 4 heterocycles. The summed E-state index contributed by atoms with van der Waals surface area (Å²) in [6.45, 7) is 0.0360. The van der Waals surface area contributed by atoms with Gasteiger partial charge in [0, 0.05) is 21.5 Å². The third-order valence-electron chi connectivity index (χ3n) is 7.53. The third kappa shape index (κ3) is 5.19. The fourth-order valence-electron chi connectivity index (χ4n) is 5.42. The second kappa shape index (κ2) is 11.2. The van der Waals surface area contributed by atoms with Gasteiger partial charge in [-0.3, -0.25) is 4.79 Å². The Labute approximate surface area is 246 Å². The molecule has 13 heteroatoms. The molecule has 0 radical (unpaired) electrons. The number of fused-ring (bicyclic) bond motifs is 2. The van der Waals surface area contributed by atoms with E-state index in [4.69, 9.17) is 14.2 Å². The topological polar surface area (TPSA) is 108 Å². The van der Waals surface area contributed by atoms with Crippen molar-refractivity contribution < 1.29 is 37.3 Å². The van der Waals surface area contributed by atoms with Crippen LogP contribution in [-0.2, 0) is 19.0 Å². The molecule has 2 fully saturated rings. The minimum absolute atomic E-state index is 0.0185. The van der Waals surface area contributed by atoms with Crippen molar-refractivity contribution in [2.45, 2.75) is 36.7 Å². The highest BCUT2D eigenvalue weighted by atomic mass is 32.1. The van der Waals surface area contributed by atoms with Crippen LogP contribution in [0.2, 0.25) is 0 Å². The number of halogens is 3. The maximum Gasteiger partial charge on any atom is 0.256 e. The van der Waals surface area contributed by atoms with E-state index >= 15 is 0 Å². The predicted molar refractivity (Wildman–Crippen MR) is 149 cm³/mol. The van der Waals surface area contributed by atoms with E-state index in [0.717, 1.165) is 27.8 Å². The Kier molecular flexibility index (Phi) is 7.19. The number of thiophene rings is 1. The molecule has 1 amide bonds. The van der Waals surface area contributed by atoms with Crippen molar-refractivity contribution in [2.75, 3.05) is 11.9 Å². The number of amides is 1. The van der Waals surface area contributed by atoms with Gasteiger partial charge in [0.2, 0.25) is 0 Å². The standard InChI is InChI=1S/C30H23F3N4O5S/c31-19-10-17(11-20(32)24(19)33)21-13-37(36-35-21)25-26(38)28(29(39)34-18-7-6-15-8-9-43-23(15)12-18)41-22-14-40-30(42-27(22)25)16-4-2-1-3-5-16/h1-13,22,25-28,30,38H,14H2,(H,34,39). The Bertz CT molecular complexity index is 1780. The lowest BCUT2D eigenvalue weighted by Gasteiger charge is -2.47. The van der Waals surface area contributed by atoms with Gasteiger partial charge in [0.15, 0.2) is 29.8 Å². The van der Waals surface area contributed by atoms with Gasteiger partial charge in [-0.05, 0) is 41.1 Å². The SMILES string of the molecule is O=C(Nc1ccc2ccsc2c1)C1OC2COC(c3ccccc3)OC2C(n2cc(-c3cc(F)c(F)c(F)c3)nn2)C1O. The molecule has 7 rings (SSSR count). The molecule has 0 saturated carbocycles. The number of hydrogen-bond acceptors (Lipinski definition) is 8. The number of aromatic nitrogens is 3. The summed E-state index contributed by atoms with van der Waals surface area (Å²) in [5.41, 5.74) is 1.21. The normalized spacial score (nSPS) is 25.4. The van der Waals surface area contributed by atoms with Gasteiger partial charge in [-0.2, -0.15) is 0 Å². The Balaban J connectivity index is 1.21. The third-order valence-corrected chi connectivity index (χ3v) is 8.41.